The van der Waals surface area contributed by atoms with Gasteiger partial charge in [0.1, 0.15) is 17.8 Å². The lowest BCUT2D eigenvalue weighted by Gasteiger charge is -2.19. The lowest BCUT2D eigenvalue weighted by atomic mass is 10.2. The van der Waals surface area contributed by atoms with Crippen LogP contribution in [0.25, 0.3) is 0 Å². The molecule has 0 aliphatic rings. The summed E-state index contributed by atoms with van der Waals surface area (Å²) < 4.78 is 5.07. The standard InChI is InChI=1S/C19H23N5O4/c1-19(2,3)28-18(27)23-12-16(25)24-14-6-4-5-13(9-14)10-22-17(26)15-11-20-7-8-21-15/h4-9,11H,10,12H2,1-3H3,(H,22,26)(H,23,27)(H,24,25). The van der Waals surface area contributed by atoms with Gasteiger partial charge >= 0.3 is 6.09 Å². The number of alkyl carbamates (subject to hydrolysis) is 1. The topological polar surface area (TPSA) is 122 Å². The molecule has 0 unspecified atom stereocenters. The fraction of sp³-hybridized carbons (Fsp3) is 0.316. The molecule has 0 radical (unpaired) electrons. The van der Waals surface area contributed by atoms with Crippen LogP contribution in [-0.4, -0.2) is 40.0 Å². The van der Waals surface area contributed by atoms with E-state index in [0.29, 0.717) is 5.69 Å². The highest BCUT2D eigenvalue weighted by atomic mass is 16.6. The van der Waals surface area contributed by atoms with E-state index in [9.17, 15) is 14.4 Å². The molecule has 0 bridgehead atoms. The van der Waals surface area contributed by atoms with E-state index >= 15 is 0 Å². The molecule has 0 spiro atoms. The van der Waals surface area contributed by atoms with Crippen LogP contribution >= 0.6 is 0 Å². The predicted molar refractivity (Wildman–Crippen MR) is 103 cm³/mol. The Morgan fingerprint density at radius 1 is 1.11 bits per heavy atom. The normalized spacial score (nSPS) is 10.7. The van der Waals surface area contributed by atoms with Crippen molar-refractivity contribution in [1.82, 2.24) is 20.6 Å². The number of aromatic nitrogens is 2. The predicted octanol–water partition coefficient (Wildman–Crippen LogP) is 1.87. The molecule has 9 heteroatoms. The number of carbonyl (C=O) groups is 3. The third kappa shape index (κ3) is 7.40. The number of nitrogens with zero attached hydrogens (tertiary/aromatic N) is 2. The summed E-state index contributed by atoms with van der Waals surface area (Å²) in [5.41, 5.74) is 0.919. The van der Waals surface area contributed by atoms with Crippen LogP contribution in [-0.2, 0) is 16.1 Å². The van der Waals surface area contributed by atoms with Gasteiger partial charge in [0.2, 0.25) is 5.91 Å². The fourth-order valence-electron chi connectivity index (χ4n) is 2.12. The summed E-state index contributed by atoms with van der Waals surface area (Å²) in [6.07, 6.45) is 3.64. The summed E-state index contributed by atoms with van der Waals surface area (Å²) in [7, 11) is 0. The van der Waals surface area contributed by atoms with Crippen LogP contribution in [0.1, 0.15) is 36.8 Å². The molecule has 2 aromatic rings. The minimum atomic E-state index is -0.664. The monoisotopic (exact) mass is 385 g/mol. The number of nitrogens with one attached hydrogen (secondary N) is 3. The van der Waals surface area contributed by atoms with Gasteiger partial charge in [-0.1, -0.05) is 12.1 Å². The van der Waals surface area contributed by atoms with E-state index in [0.717, 1.165) is 5.56 Å². The van der Waals surface area contributed by atoms with Gasteiger partial charge in [-0.15, -0.1) is 0 Å². The molecule has 3 amide bonds. The Kier molecular flexibility index (Phi) is 7.02. The zero-order valence-electron chi connectivity index (χ0n) is 16.0. The van der Waals surface area contributed by atoms with Gasteiger partial charge in [0.15, 0.2) is 0 Å². The van der Waals surface area contributed by atoms with Gasteiger partial charge in [-0.3, -0.25) is 14.6 Å². The number of rotatable bonds is 6. The van der Waals surface area contributed by atoms with Crippen molar-refractivity contribution in [2.75, 3.05) is 11.9 Å². The Morgan fingerprint density at radius 3 is 2.57 bits per heavy atom. The van der Waals surface area contributed by atoms with Crippen LogP contribution in [0.3, 0.4) is 0 Å². The number of hydrogen-bond donors (Lipinski definition) is 3. The maximum absolute atomic E-state index is 12.0. The molecule has 3 N–H and O–H groups in total. The molecule has 0 saturated carbocycles. The first kappa shape index (κ1) is 20.8. The highest BCUT2D eigenvalue weighted by Gasteiger charge is 2.16. The summed E-state index contributed by atoms with van der Waals surface area (Å²) in [4.78, 5) is 43.3. The molecule has 1 heterocycles. The largest absolute Gasteiger partial charge is 0.444 e. The van der Waals surface area contributed by atoms with Crippen molar-refractivity contribution >= 4 is 23.6 Å². The Hall–Kier alpha value is -3.49. The van der Waals surface area contributed by atoms with Crippen molar-refractivity contribution < 1.29 is 19.1 Å². The highest BCUT2D eigenvalue weighted by Crippen LogP contribution is 2.11. The molecule has 28 heavy (non-hydrogen) atoms. The zero-order chi connectivity index (χ0) is 20.6. The van der Waals surface area contributed by atoms with Crippen LogP contribution in [0, 0.1) is 0 Å². The van der Waals surface area contributed by atoms with E-state index < -0.39 is 17.6 Å². The van der Waals surface area contributed by atoms with Gasteiger partial charge in [-0.2, -0.15) is 0 Å². The van der Waals surface area contributed by atoms with Gasteiger partial charge in [-0.05, 0) is 38.5 Å². The van der Waals surface area contributed by atoms with Gasteiger partial charge in [0.25, 0.3) is 5.91 Å². The van der Waals surface area contributed by atoms with E-state index in [1.165, 1.54) is 18.6 Å². The van der Waals surface area contributed by atoms with E-state index in [1.54, 1.807) is 39.0 Å². The Morgan fingerprint density at radius 2 is 1.89 bits per heavy atom. The average molecular weight is 385 g/mol. The van der Waals surface area contributed by atoms with Crippen LogP contribution in [0.4, 0.5) is 10.5 Å². The maximum atomic E-state index is 12.0. The number of hydrogen-bond acceptors (Lipinski definition) is 6. The Labute approximate surface area is 162 Å². The van der Waals surface area contributed by atoms with Crippen molar-refractivity contribution in [3.05, 3.63) is 54.1 Å². The lowest BCUT2D eigenvalue weighted by Crippen LogP contribution is -2.37. The van der Waals surface area contributed by atoms with Gasteiger partial charge < -0.3 is 20.7 Å². The minimum absolute atomic E-state index is 0.220. The second kappa shape index (κ2) is 9.45. The molecule has 148 valence electrons. The molecule has 1 aromatic heterocycles. The van der Waals surface area contributed by atoms with Crippen LogP contribution in [0.15, 0.2) is 42.9 Å². The molecule has 1 aromatic carbocycles. The van der Waals surface area contributed by atoms with E-state index in [4.69, 9.17) is 4.74 Å². The molecular weight excluding hydrogens is 362 g/mol. The molecule has 0 saturated heterocycles. The van der Waals surface area contributed by atoms with Crippen molar-refractivity contribution in [2.45, 2.75) is 32.9 Å². The quantitative estimate of drug-likeness (QED) is 0.698. The fourth-order valence-corrected chi connectivity index (χ4v) is 2.12. The summed E-state index contributed by atoms with van der Waals surface area (Å²) >= 11 is 0. The number of anilines is 1. The number of carbonyl (C=O) groups excluding carboxylic acids is 3. The van der Waals surface area contributed by atoms with Gasteiger partial charge in [-0.25, -0.2) is 9.78 Å². The molecule has 2 rings (SSSR count). The molecule has 0 fully saturated rings. The Balaban J connectivity index is 1.83. The summed E-state index contributed by atoms with van der Waals surface area (Å²) in [6, 6.07) is 6.99. The van der Waals surface area contributed by atoms with E-state index in [2.05, 4.69) is 25.9 Å². The zero-order valence-corrected chi connectivity index (χ0v) is 16.0. The van der Waals surface area contributed by atoms with Gasteiger partial charge in [0, 0.05) is 24.6 Å². The third-order valence-corrected chi connectivity index (χ3v) is 3.25. The molecule has 0 aliphatic heterocycles. The SMILES string of the molecule is CC(C)(C)OC(=O)NCC(=O)Nc1cccc(CNC(=O)c2cnccn2)c1. The van der Waals surface area contributed by atoms with Crippen molar-refractivity contribution in [1.29, 1.82) is 0 Å². The van der Waals surface area contributed by atoms with Crippen molar-refractivity contribution in [2.24, 2.45) is 0 Å². The maximum Gasteiger partial charge on any atom is 0.408 e. The molecular formula is C19H23N5O4. The van der Waals surface area contributed by atoms with Crippen molar-refractivity contribution in [3.63, 3.8) is 0 Å². The van der Waals surface area contributed by atoms with Crippen molar-refractivity contribution in [3.8, 4) is 0 Å². The highest BCUT2D eigenvalue weighted by molar-refractivity contribution is 5.94. The average Bonchev–Trinajstić information content (AvgIpc) is 2.64. The first-order chi connectivity index (χ1) is 13.2. The minimum Gasteiger partial charge on any atom is -0.444 e. The van der Waals surface area contributed by atoms with E-state index in [-0.39, 0.29) is 24.7 Å². The van der Waals surface area contributed by atoms with Crippen LogP contribution in [0.5, 0.6) is 0 Å². The van der Waals surface area contributed by atoms with Gasteiger partial charge in [0.05, 0.1) is 6.20 Å². The molecule has 0 aliphatic carbocycles. The molecule has 0 atom stereocenters. The first-order valence-corrected chi connectivity index (χ1v) is 8.63. The smallest absolute Gasteiger partial charge is 0.408 e. The van der Waals surface area contributed by atoms with Crippen LogP contribution < -0.4 is 16.0 Å². The summed E-state index contributed by atoms with van der Waals surface area (Å²) in [6.45, 7) is 5.25. The summed E-state index contributed by atoms with van der Waals surface area (Å²) in [5, 5.41) is 7.79. The molecule has 9 nitrogen and oxygen atoms in total. The third-order valence-electron chi connectivity index (χ3n) is 3.25. The summed E-state index contributed by atoms with van der Waals surface area (Å²) in [5.74, 6) is -0.740. The number of benzene rings is 1. The second-order valence-electron chi connectivity index (χ2n) is 6.88. The Bertz CT molecular complexity index is 834. The van der Waals surface area contributed by atoms with Crippen LogP contribution in [0.2, 0.25) is 0 Å². The first-order valence-electron chi connectivity index (χ1n) is 8.63. The number of ether oxygens (including phenoxy) is 1. The second-order valence-corrected chi connectivity index (χ2v) is 6.88. The number of amides is 3. The van der Waals surface area contributed by atoms with E-state index in [1.807, 2.05) is 6.07 Å². The lowest BCUT2D eigenvalue weighted by molar-refractivity contribution is -0.115.